The van der Waals surface area contributed by atoms with Gasteiger partial charge >= 0.3 is 5.97 Å². The molecule has 120 valence electrons. The number of nitrogens with one attached hydrogen (secondary N) is 2. The van der Waals surface area contributed by atoms with Crippen molar-refractivity contribution in [1.82, 2.24) is 15.5 Å². The van der Waals surface area contributed by atoms with Crippen LogP contribution in [0.5, 0.6) is 0 Å². The number of aromatic nitrogens is 2. The third-order valence-electron chi connectivity index (χ3n) is 3.56. The molecule has 1 atom stereocenters. The van der Waals surface area contributed by atoms with Crippen LogP contribution in [0.1, 0.15) is 22.1 Å². The van der Waals surface area contributed by atoms with Crippen LogP contribution in [-0.4, -0.2) is 27.2 Å². The molecule has 7 nitrogen and oxygen atoms in total. The van der Waals surface area contributed by atoms with E-state index in [1.54, 1.807) is 54.6 Å². The number of nitrogens with zero attached hydrogens (tertiary/aromatic N) is 1. The van der Waals surface area contributed by atoms with Gasteiger partial charge in [-0.2, -0.15) is 5.10 Å². The van der Waals surface area contributed by atoms with Gasteiger partial charge in [-0.3, -0.25) is 9.59 Å². The van der Waals surface area contributed by atoms with E-state index in [9.17, 15) is 19.5 Å². The van der Waals surface area contributed by atoms with E-state index < -0.39 is 23.5 Å². The first-order valence-corrected chi connectivity index (χ1v) is 7.14. The number of carboxylic acid groups (broad SMARTS) is 1. The largest absolute Gasteiger partial charge is 0.479 e. The van der Waals surface area contributed by atoms with Crippen molar-refractivity contribution in [1.29, 1.82) is 0 Å². The number of amides is 1. The van der Waals surface area contributed by atoms with E-state index in [-0.39, 0.29) is 5.69 Å². The van der Waals surface area contributed by atoms with Crippen molar-refractivity contribution in [3.63, 3.8) is 0 Å². The van der Waals surface area contributed by atoms with Crippen molar-refractivity contribution in [2.45, 2.75) is 6.04 Å². The lowest BCUT2D eigenvalue weighted by Gasteiger charge is -2.15. The standard InChI is InChI=1S/C17H13N3O4/c21-15(10-6-2-1-3-7-10)18-14(17(23)24)13-11-8-4-5-9-12(11)16(22)20-19-13/h1-9,14H,(H,18,21)(H,20,22)(H,23,24)/t14-/m0/s1. The molecule has 0 saturated carbocycles. The van der Waals surface area contributed by atoms with Gasteiger partial charge in [-0.15, -0.1) is 0 Å². The number of aliphatic carboxylic acids is 1. The molecule has 0 radical (unpaired) electrons. The molecule has 0 aliphatic carbocycles. The van der Waals surface area contributed by atoms with E-state index in [4.69, 9.17) is 0 Å². The number of hydrogen-bond donors (Lipinski definition) is 3. The molecule has 0 unspecified atom stereocenters. The van der Waals surface area contributed by atoms with Crippen LogP contribution in [0.3, 0.4) is 0 Å². The Morgan fingerprint density at radius 1 is 1.00 bits per heavy atom. The molecule has 0 aliphatic heterocycles. The summed E-state index contributed by atoms with van der Waals surface area (Å²) >= 11 is 0. The van der Waals surface area contributed by atoms with E-state index in [1.807, 2.05) is 0 Å². The van der Waals surface area contributed by atoms with Crippen LogP contribution in [-0.2, 0) is 4.79 Å². The topological polar surface area (TPSA) is 112 Å². The van der Waals surface area contributed by atoms with E-state index in [1.165, 1.54) is 0 Å². The number of rotatable bonds is 4. The molecular weight excluding hydrogens is 310 g/mol. The summed E-state index contributed by atoms with van der Waals surface area (Å²) in [6.45, 7) is 0. The van der Waals surface area contributed by atoms with Gasteiger partial charge in [0.15, 0.2) is 6.04 Å². The minimum atomic E-state index is -1.39. The van der Waals surface area contributed by atoms with Gasteiger partial charge in [-0.25, -0.2) is 9.89 Å². The summed E-state index contributed by atoms with van der Waals surface area (Å²) in [6, 6.07) is 13.4. The summed E-state index contributed by atoms with van der Waals surface area (Å²) in [7, 11) is 0. The molecular formula is C17H13N3O4. The first-order valence-electron chi connectivity index (χ1n) is 7.14. The third-order valence-corrected chi connectivity index (χ3v) is 3.56. The zero-order valence-corrected chi connectivity index (χ0v) is 12.4. The Morgan fingerprint density at radius 2 is 1.62 bits per heavy atom. The normalized spacial score (nSPS) is 11.8. The predicted molar refractivity (Wildman–Crippen MR) is 86.6 cm³/mol. The Bertz CT molecular complexity index is 966. The van der Waals surface area contributed by atoms with Gasteiger partial charge in [-0.05, 0) is 18.2 Å². The van der Waals surface area contributed by atoms with Crippen molar-refractivity contribution < 1.29 is 14.7 Å². The number of carbonyl (C=O) groups is 2. The second kappa shape index (κ2) is 6.33. The molecule has 0 saturated heterocycles. The Kier molecular flexibility index (Phi) is 4.07. The van der Waals surface area contributed by atoms with Gasteiger partial charge in [0.25, 0.3) is 11.5 Å². The smallest absolute Gasteiger partial charge is 0.332 e. The van der Waals surface area contributed by atoms with Crippen LogP contribution >= 0.6 is 0 Å². The average Bonchev–Trinajstić information content (AvgIpc) is 2.61. The number of H-pyrrole nitrogens is 1. The highest BCUT2D eigenvalue weighted by molar-refractivity contribution is 5.98. The summed E-state index contributed by atoms with van der Waals surface area (Å²) in [6.07, 6.45) is 0. The molecule has 1 amide bonds. The SMILES string of the molecule is O=C(N[C@H](C(=O)O)c1n[nH]c(=O)c2ccccc12)c1ccccc1. The number of carbonyl (C=O) groups excluding carboxylic acids is 1. The monoisotopic (exact) mass is 323 g/mol. The maximum absolute atomic E-state index is 12.3. The number of fused-ring (bicyclic) bond motifs is 1. The highest BCUT2D eigenvalue weighted by Gasteiger charge is 2.26. The number of benzene rings is 2. The first kappa shape index (κ1) is 15.4. The van der Waals surface area contributed by atoms with Crippen LogP contribution in [0.4, 0.5) is 0 Å². The lowest BCUT2D eigenvalue weighted by molar-refractivity contribution is -0.139. The second-order valence-electron chi connectivity index (χ2n) is 5.09. The second-order valence-corrected chi connectivity index (χ2v) is 5.09. The first-order chi connectivity index (χ1) is 11.6. The zero-order chi connectivity index (χ0) is 17.1. The van der Waals surface area contributed by atoms with Crippen LogP contribution in [0.15, 0.2) is 59.4 Å². The van der Waals surface area contributed by atoms with E-state index in [0.29, 0.717) is 16.3 Å². The van der Waals surface area contributed by atoms with Gasteiger partial charge in [0, 0.05) is 10.9 Å². The van der Waals surface area contributed by atoms with Crippen LogP contribution in [0.2, 0.25) is 0 Å². The maximum atomic E-state index is 12.3. The van der Waals surface area contributed by atoms with E-state index in [0.717, 1.165) is 0 Å². The highest BCUT2D eigenvalue weighted by Crippen LogP contribution is 2.20. The summed E-state index contributed by atoms with van der Waals surface area (Å²) in [5.74, 6) is -1.82. The van der Waals surface area contributed by atoms with E-state index in [2.05, 4.69) is 15.5 Å². The van der Waals surface area contributed by atoms with Gasteiger partial charge in [-0.1, -0.05) is 36.4 Å². The fraction of sp³-hybridized carbons (Fsp3) is 0.0588. The molecule has 7 heteroatoms. The molecule has 1 aromatic heterocycles. The molecule has 0 bridgehead atoms. The van der Waals surface area contributed by atoms with Crippen molar-refractivity contribution >= 4 is 22.6 Å². The summed E-state index contributed by atoms with van der Waals surface area (Å²) in [5.41, 5.74) is -0.0210. The third kappa shape index (κ3) is 2.87. The van der Waals surface area contributed by atoms with Crippen molar-refractivity contribution in [2.24, 2.45) is 0 Å². The van der Waals surface area contributed by atoms with Crippen LogP contribution in [0.25, 0.3) is 10.8 Å². The molecule has 1 heterocycles. The molecule has 0 aliphatic rings. The summed E-state index contributed by atoms with van der Waals surface area (Å²) in [5, 5.41) is 18.7. The van der Waals surface area contributed by atoms with Crippen molar-refractivity contribution in [3.05, 3.63) is 76.2 Å². The number of carboxylic acids is 1. The van der Waals surface area contributed by atoms with Crippen LogP contribution < -0.4 is 10.9 Å². The zero-order valence-electron chi connectivity index (χ0n) is 12.4. The van der Waals surface area contributed by atoms with Crippen LogP contribution in [0, 0.1) is 0 Å². The predicted octanol–water partition coefficient (Wildman–Crippen LogP) is 1.48. The lowest BCUT2D eigenvalue weighted by Crippen LogP contribution is -2.35. The molecule has 0 spiro atoms. The Hall–Kier alpha value is -3.48. The van der Waals surface area contributed by atoms with Gasteiger partial charge < -0.3 is 10.4 Å². The fourth-order valence-corrected chi connectivity index (χ4v) is 2.41. The molecule has 2 aromatic carbocycles. The summed E-state index contributed by atoms with van der Waals surface area (Å²) < 4.78 is 0. The Labute approximate surface area is 136 Å². The maximum Gasteiger partial charge on any atom is 0.332 e. The number of hydrogen-bond acceptors (Lipinski definition) is 4. The fourth-order valence-electron chi connectivity index (χ4n) is 2.41. The Morgan fingerprint density at radius 3 is 2.29 bits per heavy atom. The van der Waals surface area contributed by atoms with Gasteiger partial charge in [0.05, 0.1) is 5.39 Å². The minimum absolute atomic E-state index is 0.0713. The van der Waals surface area contributed by atoms with Crippen molar-refractivity contribution in [2.75, 3.05) is 0 Å². The van der Waals surface area contributed by atoms with Crippen molar-refractivity contribution in [3.8, 4) is 0 Å². The lowest BCUT2D eigenvalue weighted by atomic mass is 10.1. The summed E-state index contributed by atoms with van der Waals surface area (Å²) in [4.78, 5) is 35.7. The minimum Gasteiger partial charge on any atom is -0.479 e. The molecule has 3 aromatic rings. The molecule has 3 N–H and O–H groups in total. The highest BCUT2D eigenvalue weighted by atomic mass is 16.4. The van der Waals surface area contributed by atoms with Gasteiger partial charge in [0.2, 0.25) is 0 Å². The molecule has 24 heavy (non-hydrogen) atoms. The molecule has 0 fully saturated rings. The quantitative estimate of drug-likeness (QED) is 0.673. The van der Waals surface area contributed by atoms with Gasteiger partial charge in [0.1, 0.15) is 5.69 Å². The Balaban J connectivity index is 2.04. The van der Waals surface area contributed by atoms with E-state index >= 15 is 0 Å². The average molecular weight is 323 g/mol. The number of aromatic amines is 1. The molecule has 3 rings (SSSR count).